The number of piperazine rings is 1. The highest BCUT2D eigenvalue weighted by Crippen LogP contribution is 2.39. The Bertz CT molecular complexity index is 1870. The van der Waals surface area contributed by atoms with Crippen LogP contribution < -0.4 is 19.8 Å². The Morgan fingerprint density at radius 1 is 1.02 bits per heavy atom. The van der Waals surface area contributed by atoms with E-state index in [4.69, 9.17) is 9.97 Å². The summed E-state index contributed by atoms with van der Waals surface area (Å²) >= 11 is 0. The van der Waals surface area contributed by atoms with E-state index in [1.807, 2.05) is 36.4 Å². The average molecular weight is 596 g/mol. The Hall–Kier alpha value is -4.09. The van der Waals surface area contributed by atoms with Crippen molar-refractivity contribution in [3.63, 3.8) is 0 Å². The van der Waals surface area contributed by atoms with Crippen LogP contribution in [-0.4, -0.2) is 66.2 Å². The highest BCUT2D eigenvalue weighted by molar-refractivity contribution is 7.93. The van der Waals surface area contributed by atoms with Crippen LogP contribution in [0.4, 0.5) is 11.5 Å². The van der Waals surface area contributed by atoms with Crippen LogP contribution in [0.1, 0.15) is 47.3 Å². The molecule has 2 N–H and O–H groups in total. The van der Waals surface area contributed by atoms with E-state index in [-0.39, 0.29) is 23.2 Å². The number of pyridine rings is 3. The van der Waals surface area contributed by atoms with Crippen LogP contribution in [-0.2, 0) is 23.0 Å². The lowest BCUT2D eigenvalue weighted by Gasteiger charge is -2.35. The van der Waals surface area contributed by atoms with Gasteiger partial charge in [-0.25, -0.2) is 18.4 Å². The number of sulfonamides is 1. The van der Waals surface area contributed by atoms with Gasteiger partial charge in [0.15, 0.2) is 0 Å². The average Bonchev–Trinajstić information content (AvgIpc) is 3.97. The number of benzene rings is 1. The molecule has 0 atom stereocenters. The maximum Gasteiger partial charge on any atom is 0.251 e. The summed E-state index contributed by atoms with van der Waals surface area (Å²) in [6.07, 6.45) is 6.30. The fourth-order valence-corrected chi connectivity index (χ4v) is 8.13. The summed E-state index contributed by atoms with van der Waals surface area (Å²) in [5.74, 6) is 0.703. The van der Waals surface area contributed by atoms with E-state index in [1.165, 1.54) is 17.1 Å². The lowest BCUT2D eigenvalue weighted by Crippen LogP contribution is -2.52. The van der Waals surface area contributed by atoms with Gasteiger partial charge >= 0.3 is 0 Å². The maximum atomic E-state index is 13.1. The largest absolute Gasteiger partial charge is 0.353 e. The van der Waals surface area contributed by atoms with Crippen LogP contribution in [0.5, 0.6) is 0 Å². The van der Waals surface area contributed by atoms with E-state index in [0.717, 1.165) is 53.3 Å². The van der Waals surface area contributed by atoms with Gasteiger partial charge in [0.05, 0.1) is 40.1 Å². The molecule has 0 radical (unpaired) electrons. The molecule has 4 aromatic rings. The van der Waals surface area contributed by atoms with Crippen molar-refractivity contribution in [1.82, 2.24) is 25.6 Å². The standard InChI is InChI=1S/C32H33N7O3S/c40-31(22-5-4-21-10-14-39(29(21)16-22)43(41,42)25-7-8-25)34-19-24-17-28-23(18-33-24)6-9-27(36-28)26-2-1-3-30(37-26)38-15-13-35-32(20-38)11-12-32/h1-6,9,16-18,25,35H,7-8,10-15,19-20H2,(H,34,40). The number of hydrogen-bond donors (Lipinski definition) is 2. The fraction of sp³-hybridized carbons (Fsp3) is 0.375. The zero-order valence-electron chi connectivity index (χ0n) is 23.8. The Morgan fingerprint density at radius 3 is 2.72 bits per heavy atom. The Balaban J connectivity index is 0.983. The molecule has 0 unspecified atom stereocenters. The molecule has 3 aromatic heterocycles. The second-order valence-electron chi connectivity index (χ2n) is 12.2. The summed E-state index contributed by atoms with van der Waals surface area (Å²) in [6, 6.07) is 17.3. The quantitative estimate of drug-likeness (QED) is 0.334. The maximum absolute atomic E-state index is 13.1. The number of fused-ring (bicyclic) bond motifs is 2. The van der Waals surface area contributed by atoms with Crippen molar-refractivity contribution < 1.29 is 13.2 Å². The van der Waals surface area contributed by atoms with Gasteiger partial charge in [0, 0.05) is 48.9 Å². The van der Waals surface area contributed by atoms with Gasteiger partial charge in [-0.15, -0.1) is 0 Å². The van der Waals surface area contributed by atoms with Crippen molar-refractivity contribution in [3.8, 4) is 11.4 Å². The minimum absolute atomic E-state index is 0.223. The summed E-state index contributed by atoms with van der Waals surface area (Å²) in [4.78, 5) is 29.8. The number of anilines is 2. The molecule has 2 saturated carbocycles. The lowest BCUT2D eigenvalue weighted by atomic mass is 10.1. The Labute approximate surface area is 250 Å². The highest BCUT2D eigenvalue weighted by Gasteiger charge is 2.46. The Morgan fingerprint density at radius 2 is 1.88 bits per heavy atom. The van der Waals surface area contributed by atoms with E-state index in [9.17, 15) is 13.2 Å². The Kier molecular flexibility index (Phi) is 6.16. The van der Waals surface area contributed by atoms with Crippen LogP contribution >= 0.6 is 0 Å². The molecule has 4 aliphatic rings. The normalized spacial score (nSPS) is 19.1. The van der Waals surface area contributed by atoms with Crippen molar-refractivity contribution in [3.05, 3.63) is 77.6 Å². The second kappa shape index (κ2) is 9.99. The summed E-state index contributed by atoms with van der Waals surface area (Å²) < 4.78 is 27.3. The first-order chi connectivity index (χ1) is 20.9. The molecule has 3 fully saturated rings. The molecule has 1 aromatic carbocycles. The molecule has 1 spiro atoms. The molecular weight excluding hydrogens is 562 g/mol. The molecule has 220 valence electrons. The molecule has 11 heteroatoms. The van der Waals surface area contributed by atoms with E-state index in [1.54, 1.807) is 18.3 Å². The van der Waals surface area contributed by atoms with Crippen LogP contribution in [0, 0.1) is 0 Å². The SMILES string of the molecule is O=C(NCc1cc2nc(-c3cccc(N4CCNC5(CC5)C4)n3)ccc2cn1)c1ccc2c(c1)N(S(=O)(=O)C1CC1)CC2. The topological polar surface area (TPSA) is 120 Å². The molecule has 1 saturated heterocycles. The van der Waals surface area contributed by atoms with E-state index in [2.05, 4.69) is 26.6 Å². The third kappa shape index (κ3) is 5.00. The van der Waals surface area contributed by atoms with E-state index in [0.29, 0.717) is 42.8 Å². The van der Waals surface area contributed by atoms with Gasteiger partial charge in [-0.05, 0) is 80.1 Å². The zero-order chi connectivity index (χ0) is 29.2. The zero-order valence-corrected chi connectivity index (χ0v) is 24.6. The number of nitrogens with one attached hydrogen (secondary N) is 2. The van der Waals surface area contributed by atoms with Gasteiger partial charge in [0.25, 0.3) is 5.91 Å². The van der Waals surface area contributed by atoms with E-state index >= 15 is 0 Å². The molecule has 10 nitrogen and oxygen atoms in total. The molecular formula is C32H33N7O3S. The van der Waals surface area contributed by atoms with Crippen molar-refractivity contribution in [2.75, 3.05) is 35.4 Å². The summed E-state index contributed by atoms with van der Waals surface area (Å²) in [6.45, 7) is 3.55. The number of nitrogens with zero attached hydrogens (tertiary/aromatic N) is 5. The van der Waals surface area contributed by atoms with Crippen molar-refractivity contribution in [1.29, 1.82) is 0 Å². The van der Waals surface area contributed by atoms with Gasteiger partial charge in [0.1, 0.15) is 5.82 Å². The van der Waals surface area contributed by atoms with E-state index < -0.39 is 10.0 Å². The first-order valence-corrected chi connectivity index (χ1v) is 16.5. The number of carbonyl (C=O) groups excluding carboxylic acids is 1. The summed E-state index contributed by atoms with van der Waals surface area (Å²) in [5.41, 5.74) is 5.36. The molecule has 1 amide bonds. The highest BCUT2D eigenvalue weighted by atomic mass is 32.2. The van der Waals surface area contributed by atoms with Gasteiger partial charge < -0.3 is 15.5 Å². The predicted octanol–water partition coefficient (Wildman–Crippen LogP) is 3.42. The number of amides is 1. The molecule has 8 rings (SSSR count). The fourth-order valence-electron chi connectivity index (χ4n) is 6.25. The third-order valence-electron chi connectivity index (χ3n) is 9.06. The minimum atomic E-state index is -3.36. The van der Waals surface area contributed by atoms with Crippen LogP contribution in [0.3, 0.4) is 0 Å². The molecule has 0 bridgehead atoms. The van der Waals surface area contributed by atoms with Gasteiger partial charge in [-0.2, -0.15) is 0 Å². The monoisotopic (exact) mass is 595 g/mol. The minimum Gasteiger partial charge on any atom is -0.353 e. The predicted molar refractivity (Wildman–Crippen MR) is 166 cm³/mol. The van der Waals surface area contributed by atoms with Crippen LogP contribution in [0.25, 0.3) is 22.3 Å². The smallest absolute Gasteiger partial charge is 0.251 e. The third-order valence-corrected chi connectivity index (χ3v) is 11.4. The van der Waals surface area contributed by atoms with Gasteiger partial charge in [-0.1, -0.05) is 12.1 Å². The second-order valence-corrected chi connectivity index (χ2v) is 14.3. The molecule has 2 aliphatic heterocycles. The number of carbonyl (C=O) groups is 1. The molecule has 43 heavy (non-hydrogen) atoms. The van der Waals surface area contributed by atoms with Crippen molar-refractivity contribution >= 4 is 38.3 Å². The van der Waals surface area contributed by atoms with Crippen LogP contribution in [0.15, 0.2) is 60.8 Å². The first kappa shape index (κ1) is 26.5. The summed E-state index contributed by atoms with van der Waals surface area (Å²) in [5, 5.41) is 7.21. The van der Waals surface area contributed by atoms with Crippen molar-refractivity contribution in [2.45, 2.75) is 49.4 Å². The van der Waals surface area contributed by atoms with Gasteiger partial charge in [-0.3, -0.25) is 14.1 Å². The summed E-state index contributed by atoms with van der Waals surface area (Å²) in [7, 11) is -3.36. The molecule has 5 heterocycles. The number of hydrogen-bond acceptors (Lipinski definition) is 8. The van der Waals surface area contributed by atoms with Gasteiger partial charge in [0.2, 0.25) is 10.0 Å². The number of rotatable bonds is 7. The number of aromatic nitrogens is 3. The molecule has 2 aliphatic carbocycles. The lowest BCUT2D eigenvalue weighted by molar-refractivity contribution is 0.0950. The van der Waals surface area contributed by atoms with Crippen LogP contribution in [0.2, 0.25) is 0 Å². The van der Waals surface area contributed by atoms with Crippen molar-refractivity contribution in [2.24, 2.45) is 0 Å². The first-order valence-electron chi connectivity index (χ1n) is 15.0.